The molecule has 1 aromatic heterocycles. The standard InChI is InChI=1S/C30H27FN4O3/c1-18-25(27(31)35(4)34-18)22-9-7-10-23(28(32)36)26(22)29(37)33-24-11-6-5-8-21(24)20-14-12-19(13-15-20)16-17-30(2,3)38/h5-15,38H,1-4H3,(H2,32,36)(H,33,37). The van der Waals surface area contributed by atoms with Crippen molar-refractivity contribution in [3.8, 4) is 34.1 Å². The van der Waals surface area contributed by atoms with Gasteiger partial charge in [-0.3, -0.25) is 9.59 Å². The van der Waals surface area contributed by atoms with Crippen LogP contribution in [0.3, 0.4) is 0 Å². The molecule has 0 aliphatic rings. The third-order valence-corrected chi connectivity index (χ3v) is 5.86. The third kappa shape index (κ3) is 5.48. The molecule has 0 saturated heterocycles. The summed E-state index contributed by atoms with van der Waals surface area (Å²) in [5.74, 6) is 3.65. The number of nitrogens with zero attached hydrogens (tertiary/aromatic N) is 2. The molecule has 1 heterocycles. The maximum absolute atomic E-state index is 15.0. The summed E-state index contributed by atoms with van der Waals surface area (Å²) in [6.07, 6.45) is 0. The van der Waals surface area contributed by atoms with Crippen LogP contribution < -0.4 is 11.1 Å². The molecule has 4 aromatic rings. The summed E-state index contributed by atoms with van der Waals surface area (Å²) in [7, 11) is 1.46. The molecular formula is C30H27FN4O3. The summed E-state index contributed by atoms with van der Waals surface area (Å²) in [6, 6.07) is 19.1. The quantitative estimate of drug-likeness (QED) is 0.339. The van der Waals surface area contributed by atoms with Crippen molar-refractivity contribution < 1.29 is 19.1 Å². The smallest absolute Gasteiger partial charge is 0.257 e. The van der Waals surface area contributed by atoms with E-state index in [1.165, 1.54) is 13.1 Å². The Morgan fingerprint density at radius 1 is 1.03 bits per heavy atom. The molecule has 0 bridgehead atoms. The lowest BCUT2D eigenvalue weighted by atomic mass is 9.94. The van der Waals surface area contributed by atoms with Crippen molar-refractivity contribution >= 4 is 17.5 Å². The van der Waals surface area contributed by atoms with Crippen LogP contribution in [0.4, 0.5) is 10.1 Å². The monoisotopic (exact) mass is 510 g/mol. The minimum Gasteiger partial charge on any atom is -0.378 e. The number of carbonyl (C=O) groups is 2. The second-order valence-electron chi connectivity index (χ2n) is 9.35. The predicted molar refractivity (Wildman–Crippen MR) is 145 cm³/mol. The van der Waals surface area contributed by atoms with E-state index in [1.807, 2.05) is 36.4 Å². The number of rotatable bonds is 5. The van der Waals surface area contributed by atoms with E-state index in [4.69, 9.17) is 5.73 Å². The second kappa shape index (κ2) is 10.3. The Kier molecular flexibility index (Phi) is 7.15. The molecular weight excluding hydrogens is 483 g/mol. The fraction of sp³-hybridized carbons (Fsp3) is 0.167. The van der Waals surface area contributed by atoms with E-state index < -0.39 is 23.4 Å². The lowest BCUT2D eigenvalue weighted by Crippen LogP contribution is -2.22. The zero-order valence-electron chi connectivity index (χ0n) is 21.5. The lowest BCUT2D eigenvalue weighted by molar-refractivity contribution is 0.0977. The molecule has 0 unspecified atom stereocenters. The first-order valence-corrected chi connectivity index (χ1v) is 11.8. The van der Waals surface area contributed by atoms with Gasteiger partial charge in [0.2, 0.25) is 11.9 Å². The number of aryl methyl sites for hydroxylation is 2. The summed E-state index contributed by atoms with van der Waals surface area (Å²) in [5, 5.41) is 16.8. The van der Waals surface area contributed by atoms with E-state index in [9.17, 15) is 19.1 Å². The van der Waals surface area contributed by atoms with Crippen LogP contribution in [0.15, 0.2) is 66.7 Å². The van der Waals surface area contributed by atoms with Crippen molar-refractivity contribution in [2.75, 3.05) is 5.32 Å². The normalized spacial score (nSPS) is 11.0. The number of para-hydroxylation sites is 1. The van der Waals surface area contributed by atoms with Crippen molar-refractivity contribution in [1.82, 2.24) is 9.78 Å². The summed E-state index contributed by atoms with van der Waals surface area (Å²) in [4.78, 5) is 25.9. The van der Waals surface area contributed by atoms with Crippen LogP contribution >= 0.6 is 0 Å². The number of primary amides is 1. The molecule has 0 saturated carbocycles. The maximum Gasteiger partial charge on any atom is 0.257 e. The van der Waals surface area contributed by atoms with Crippen LogP contribution in [0.2, 0.25) is 0 Å². The third-order valence-electron chi connectivity index (χ3n) is 5.86. The molecule has 0 spiro atoms. The molecule has 4 rings (SSSR count). The summed E-state index contributed by atoms with van der Waals surface area (Å²) >= 11 is 0. The highest BCUT2D eigenvalue weighted by molar-refractivity contribution is 6.16. The topological polar surface area (TPSA) is 110 Å². The number of carbonyl (C=O) groups excluding carboxylic acids is 2. The van der Waals surface area contributed by atoms with Crippen molar-refractivity contribution in [3.05, 3.63) is 95.1 Å². The van der Waals surface area contributed by atoms with Gasteiger partial charge in [-0.15, -0.1) is 0 Å². The van der Waals surface area contributed by atoms with Crippen molar-refractivity contribution in [3.63, 3.8) is 0 Å². The van der Waals surface area contributed by atoms with Crippen molar-refractivity contribution in [1.29, 1.82) is 0 Å². The van der Waals surface area contributed by atoms with Gasteiger partial charge >= 0.3 is 0 Å². The number of anilines is 1. The Balaban J connectivity index is 1.75. The summed E-state index contributed by atoms with van der Waals surface area (Å²) < 4.78 is 16.1. The van der Waals surface area contributed by atoms with Crippen LogP contribution in [0.25, 0.3) is 22.3 Å². The van der Waals surface area contributed by atoms with Crippen molar-refractivity contribution in [2.24, 2.45) is 12.8 Å². The van der Waals surface area contributed by atoms with Gasteiger partial charge in [0.15, 0.2) is 0 Å². The van der Waals surface area contributed by atoms with Gasteiger partial charge in [-0.2, -0.15) is 9.49 Å². The SMILES string of the molecule is Cc1nn(C)c(F)c1-c1cccc(C(N)=O)c1C(=O)Nc1ccccc1-c1ccc(C#CC(C)(C)O)cc1. The number of benzene rings is 3. The van der Waals surface area contributed by atoms with Gasteiger partial charge in [-0.1, -0.05) is 54.3 Å². The lowest BCUT2D eigenvalue weighted by Gasteiger charge is -2.16. The zero-order valence-corrected chi connectivity index (χ0v) is 21.5. The van der Waals surface area contributed by atoms with Crippen LogP contribution in [-0.4, -0.2) is 32.3 Å². The number of aromatic nitrogens is 2. The largest absolute Gasteiger partial charge is 0.378 e. The highest BCUT2D eigenvalue weighted by atomic mass is 19.1. The highest BCUT2D eigenvalue weighted by Crippen LogP contribution is 2.33. The van der Waals surface area contributed by atoms with E-state index >= 15 is 0 Å². The van der Waals surface area contributed by atoms with Crippen LogP contribution in [-0.2, 0) is 7.05 Å². The van der Waals surface area contributed by atoms with Crippen LogP contribution in [0, 0.1) is 24.7 Å². The van der Waals surface area contributed by atoms with Crippen LogP contribution in [0.5, 0.6) is 0 Å². The van der Waals surface area contributed by atoms with E-state index in [1.54, 1.807) is 45.0 Å². The first kappa shape index (κ1) is 26.3. The Morgan fingerprint density at radius 2 is 1.68 bits per heavy atom. The number of amides is 2. The highest BCUT2D eigenvalue weighted by Gasteiger charge is 2.26. The zero-order chi connectivity index (χ0) is 27.6. The van der Waals surface area contributed by atoms with Crippen molar-refractivity contribution in [2.45, 2.75) is 26.4 Å². The molecule has 2 amide bonds. The molecule has 0 atom stereocenters. The molecule has 7 nitrogen and oxygen atoms in total. The average molecular weight is 511 g/mol. The number of aliphatic hydroxyl groups is 1. The summed E-state index contributed by atoms with van der Waals surface area (Å²) in [6.45, 7) is 4.85. The Morgan fingerprint density at radius 3 is 2.29 bits per heavy atom. The number of nitrogens with two attached hydrogens (primary N) is 1. The van der Waals surface area contributed by atoms with Gasteiger partial charge in [-0.25, -0.2) is 4.68 Å². The molecule has 0 fully saturated rings. The molecule has 0 aliphatic heterocycles. The minimum absolute atomic E-state index is 0.0325. The molecule has 38 heavy (non-hydrogen) atoms. The average Bonchev–Trinajstić information content (AvgIpc) is 3.13. The van der Waals surface area contributed by atoms with E-state index in [-0.39, 0.29) is 22.3 Å². The molecule has 4 N–H and O–H groups in total. The second-order valence-corrected chi connectivity index (χ2v) is 9.35. The van der Waals surface area contributed by atoms with Gasteiger partial charge in [0, 0.05) is 29.4 Å². The van der Waals surface area contributed by atoms with Gasteiger partial charge in [0.1, 0.15) is 5.60 Å². The molecule has 3 aromatic carbocycles. The number of halogens is 1. The van der Waals surface area contributed by atoms with Gasteiger partial charge in [0.25, 0.3) is 5.91 Å². The minimum atomic E-state index is -1.10. The van der Waals surface area contributed by atoms with E-state index in [0.29, 0.717) is 11.4 Å². The number of hydrogen-bond acceptors (Lipinski definition) is 4. The molecule has 8 heteroatoms. The predicted octanol–water partition coefficient (Wildman–Crippen LogP) is 4.68. The first-order chi connectivity index (χ1) is 18.0. The summed E-state index contributed by atoms with van der Waals surface area (Å²) in [5.41, 5.74) is 7.89. The maximum atomic E-state index is 15.0. The van der Waals surface area contributed by atoms with Crippen LogP contribution in [0.1, 0.15) is 45.8 Å². The Hall–Kier alpha value is -4.74. The fourth-order valence-corrected chi connectivity index (χ4v) is 4.13. The first-order valence-electron chi connectivity index (χ1n) is 11.8. The fourth-order valence-electron chi connectivity index (χ4n) is 4.13. The van der Waals surface area contributed by atoms with E-state index in [2.05, 4.69) is 22.3 Å². The molecule has 192 valence electrons. The van der Waals surface area contributed by atoms with Gasteiger partial charge < -0.3 is 16.2 Å². The number of nitrogens with one attached hydrogen (secondary N) is 1. The molecule has 0 radical (unpaired) electrons. The Labute approximate surface area is 220 Å². The Bertz CT molecular complexity index is 1600. The van der Waals surface area contributed by atoms with Gasteiger partial charge in [-0.05, 0) is 50.6 Å². The number of hydrogen-bond donors (Lipinski definition) is 3. The van der Waals surface area contributed by atoms with Gasteiger partial charge in [0.05, 0.1) is 22.4 Å². The molecule has 0 aliphatic carbocycles. The van der Waals surface area contributed by atoms with E-state index in [0.717, 1.165) is 21.4 Å².